The molecule has 0 aliphatic heterocycles. The number of hydrogen-bond donors (Lipinski definition) is 2. The molecule has 4 aromatic heterocycles. The molecule has 0 spiro atoms. The zero-order valence-electron chi connectivity index (χ0n) is 11.1. The summed E-state index contributed by atoms with van der Waals surface area (Å²) in [5.41, 5.74) is 10.7. The summed E-state index contributed by atoms with van der Waals surface area (Å²) >= 11 is 0. The van der Waals surface area contributed by atoms with Gasteiger partial charge in [0.25, 0.3) is 0 Å². The molecule has 0 saturated carbocycles. The molecule has 0 amide bonds. The first kappa shape index (κ1) is 11.7. The highest BCUT2D eigenvalue weighted by atomic mass is 15.2. The van der Waals surface area contributed by atoms with Crippen LogP contribution in [-0.4, -0.2) is 24.8 Å². The Kier molecular flexibility index (Phi) is 2.47. The summed E-state index contributed by atoms with van der Waals surface area (Å²) < 4.78 is 1.82. The van der Waals surface area contributed by atoms with E-state index in [1.54, 1.807) is 12.4 Å². The smallest absolute Gasteiger partial charge is 0.153 e. The first-order valence-electron chi connectivity index (χ1n) is 6.51. The summed E-state index contributed by atoms with van der Waals surface area (Å²) in [6.07, 6.45) is 7.20. The van der Waals surface area contributed by atoms with E-state index < -0.39 is 0 Å². The number of pyridine rings is 2. The number of aromatic nitrogens is 5. The van der Waals surface area contributed by atoms with Crippen molar-refractivity contribution in [3.8, 4) is 22.4 Å². The number of aromatic amines is 1. The largest absolute Gasteiger partial charge is 0.382 e. The predicted octanol–water partition coefficient (Wildman–Crippen LogP) is 2.37. The number of H-pyrrole nitrogens is 1. The van der Waals surface area contributed by atoms with Gasteiger partial charge in [0.15, 0.2) is 5.82 Å². The second-order valence-corrected chi connectivity index (χ2v) is 4.68. The minimum absolute atomic E-state index is 0.464. The summed E-state index contributed by atoms with van der Waals surface area (Å²) in [5.74, 6) is 0.464. The lowest BCUT2D eigenvalue weighted by Gasteiger charge is -2.03. The van der Waals surface area contributed by atoms with Crippen LogP contribution in [0.2, 0.25) is 0 Å². The average molecular weight is 276 g/mol. The van der Waals surface area contributed by atoms with Gasteiger partial charge in [0.1, 0.15) is 0 Å². The molecule has 6 heteroatoms. The van der Waals surface area contributed by atoms with Gasteiger partial charge in [-0.25, -0.2) is 4.52 Å². The molecule has 0 atom stereocenters. The number of fused-ring (bicyclic) bond motifs is 1. The highest BCUT2D eigenvalue weighted by Gasteiger charge is 2.17. The molecule has 0 aliphatic rings. The standard InChI is InChI=1S/C15H12N6/c16-15-13(10-4-6-17-7-5-10)14(19-20-15)11-9-18-21-8-2-1-3-12(11)21/h1-9H,(H3,16,19,20). The molecule has 0 radical (unpaired) electrons. The van der Waals surface area contributed by atoms with Gasteiger partial charge in [0.2, 0.25) is 0 Å². The minimum atomic E-state index is 0.464. The van der Waals surface area contributed by atoms with Gasteiger partial charge in [0, 0.05) is 24.2 Å². The van der Waals surface area contributed by atoms with Crippen molar-refractivity contribution in [2.24, 2.45) is 0 Å². The molecule has 3 N–H and O–H groups in total. The van der Waals surface area contributed by atoms with Gasteiger partial charge in [-0.15, -0.1) is 0 Å². The molecule has 6 nitrogen and oxygen atoms in total. The van der Waals surface area contributed by atoms with Crippen molar-refractivity contribution in [3.63, 3.8) is 0 Å². The van der Waals surface area contributed by atoms with Crippen LogP contribution in [0.25, 0.3) is 27.9 Å². The molecule has 4 rings (SSSR count). The van der Waals surface area contributed by atoms with Crippen molar-refractivity contribution in [2.45, 2.75) is 0 Å². The van der Waals surface area contributed by atoms with Crippen molar-refractivity contribution in [1.82, 2.24) is 24.8 Å². The Balaban J connectivity index is 1.98. The number of nitrogens with two attached hydrogens (primary N) is 1. The topological polar surface area (TPSA) is 84.9 Å². The summed E-state index contributed by atoms with van der Waals surface area (Å²) in [4.78, 5) is 4.04. The Morgan fingerprint density at radius 1 is 1.10 bits per heavy atom. The second kappa shape index (κ2) is 4.45. The van der Waals surface area contributed by atoms with Crippen LogP contribution in [-0.2, 0) is 0 Å². The van der Waals surface area contributed by atoms with E-state index in [4.69, 9.17) is 5.73 Å². The van der Waals surface area contributed by atoms with Crippen LogP contribution in [0.4, 0.5) is 5.82 Å². The van der Waals surface area contributed by atoms with E-state index in [0.717, 1.165) is 27.9 Å². The third kappa shape index (κ3) is 1.77. The lowest BCUT2D eigenvalue weighted by atomic mass is 10.0. The Bertz CT molecular complexity index is 906. The van der Waals surface area contributed by atoms with Gasteiger partial charge < -0.3 is 5.73 Å². The molecule has 0 fully saturated rings. The highest BCUT2D eigenvalue weighted by molar-refractivity contribution is 5.92. The molecule has 4 heterocycles. The van der Waals surface area contributed by atoms with E-state index in [0.29, 0.717) is 5.82 Å². The van der Waals surface area contributed by atoms with Crippen molar-refractivity contribution in [2.75, 3.05) is 5.73 Å². The lowest BCUT2D eigenvalue weighted by Crippen LogP contribution is -1.89. The summed E-state index contributed by atoms with van der Waals surface area (Å²) in [6, 6.07) is 9.75. The van der Waals surface area contributed by atoms with Crippen molar-refractivity contribution < 1.29 is 0 Å². The van der Waals surface area contributed by atoms with Crippen molar-refractivity contribution in [1.29, 1.82) is 0 Å². The zero-order valence-corrected chi connectivity index (χ0v) is 11.1. The molecule has 0 aliphatic carbocycles. The van der Waals surface area contributed by atoms with Crippen LogP contribution in [0.1, 0.15) is 0 Å². The normalized spacial score (nSPS) is 11.0. The first-order valence-corrected chi connectivity index (χ1v) is 6.51. The fourth-order valence-electron chi connectivity index (χ4n) is 2.49. The molecule has 0 bridgehead atoms. The van der Waals surface area contributed by atoms with Crippen molar-refractivity contribution in [3.05, 3.63) is 55.1 Å². The summed E-state index contributed by atoms with van der Waals surface area (Å²) in [5, 5.41) is 11.5. The fraction of sp³-hybridized carbons (Fsp3) is 0. The molecular weight excluding hydrogens is 264 g/mol. The Hall–Kier alpha value is -3.15. The number of nitrogens with one attached hydrogen (secondary N) is 1. The summed E-state index contributed by atoms with van der Waals surface area (Å²) in [7, 11) is 0. The van der Waals surface area contributed by atoms with Gasteiger partial charge >= 0.3 is 0 Å². The maximum atomic E-state index is 6.03. The monoisotopic (exact) mass is 276 g/mol. The number of rotatable bonds is 2. The van der Waals surface area contributed by atoms with Gasteiger partial charge in [-0.3, -0.25) is 10.1 Å². The maximum absolute atomic E-state index is 6.03. The van der Waals surface area contributed by atoms with E-state index in [-0.39, 0.29) is 0 Å². The molecule has 21 heavy (non-hydrogen) atoms. The molecule has 4 aromatic rings. The Labute approximate surface area is 120 Å². The van der Waals surface area contributed by atoms with Gasteiger partial charge in [0.05, 0.1) is 23.0 Å². The Morgan fingerprint density at radius 2 is 1.95 bits per heavy atom. The van der Waals surface area contributed by atoms with Crippen LogP contribution in [0.5, 0.6) is 0 Å². The molecule has 0 saturated heterocycles. The number of nitrogens with zero attached hydrogens (tertiary/aromatic N) is 4. The maximum Gasteiger partial charge on any atom is 0.153 e. The fourth-order valence-corrected chi connectivity index (χ4v) is 2.49. The van der Waals surface area contributed by atoms with E-state index in [1.165, 1.54) is 0 Å². The summed E-state index contributed by atoms with van der Waals surface area (Å²) in [6.45, 7) is 0. The SMILES string of the molecule is Nc1n[nH]c(-c2cnn3ccccc23)c1-c1ccncc1. The second-order valence-electron chi connectivity index (χ2n) is 4.68. The van der Waals surface area contributed by atoms with E-state index in [9.17, 15) is 0 Å². The van der Waals surface area contributed by atoms with E-state index in [2.05, 4.69) is 20.3 Å². The van der Waals surface area contributed by atoms with Crippen LogP contribution in [0.3, 0.4) is 0 Å². The molecule has 102 valence electrons. The van der Waals surface area contributed by atoms with Crippen LogP contribution >= 0.6 is 0 Å². The molecule has 0 aromatic carbocycles. The average Bonchev–Trinajstić information content (AvgIpc) is 3.11. The van der Waals surface area contributed by atoms with Gasteiger partial charge in [-0.1, -0.05) is 6.07 Å². The third-order valence-electron chi connectivity index (χ3n) is 3.46. The van der Waals surface area contributed by atoms with Crippen molar-refractivity contribution >= 4 is 11.3 Å². The highest BCUT2D eigenvalue weighted by Crippen LogP contribution is 2.35. The quantitative estimate of drug-likeness (QED) is 0.588. The van der Waals surface area contributed by atoms with Gasteiger partial charge in [-0.05, 0) is 29.8 Å². The van der Waals surface area contributed by atoms with Crippen LogP contribution in [0, 0.1) is 0 Å². The number of nitrogen functional groups attached to an aromatic ring is 1. The van der Waals surface area contributed by atoms with Gasteiger partial charge in [-0.2, -0.15) is 10.2 Å². The van der Waals surface area contributed by atoms with E-state index >= 15 is 0 Å². The van der Waals surface area contributed by atoms with Crippen LogP contribution in [0.15, 0.2) is 55.1 Å². The molecular formula is C15H12N6. The zero-order chi connectivity index (χ0) is 14.2. The first-order chi connectivity index (χ1) is 10.3. The lowest BCUT2D eigenvalue weighted by molar-refractivity contribution is 0.961. The van der Waals surface area contributed by atoms with Crippen LogP contribution < -0.4 is 5.73 Å². The Morgan fingerprint density at radius 3 is 2.81 bits per heavy atom. The molecule has 0 unspecified atom stereocenters. The predicted molar refractivity (Wildman–Crippen MR) is 80.4 cm³/mol. The number of anilines is 1. The third-order valence-corrected chi connectivity index (χ3v) is 3.46. The minimum Gasteiger partial charge on any atom is -0.382 e. The number of hydrogen-bond acceptors (Lipinski definition) is 4. The van der Waals surface area contributed by atoms with E-state index in [1.807, 2.05) is 47.2 Å².